The van der Waals surface area contributed by atoms with E-state index in [0.717, 1.165) is 36.5 Å². The molecule has 1 N–H and O–H groups in total. The summed E-state index contributed by atoms with van der Waals surface area (Å²) in [5.74, 6) is 0.882. The zero-order valence-electron chi connectivity index (χ0n) is 16.7. The number of amides is 1. The molecule has 0 bridgehead atoms. The maximum atomic E-state index is 12.4. The van der Waals surface area contributed by atoms with E-state index < -0.39 is 0 Å². The molecule has 1 aromatic heterocycles. The number of para-hydroxylation sites is 1. The van der Waals surface area contributed by atoms with Gasteiger partial charge in [-0.1, -0.05) is 18.2 Å². The Morgan fingerprint density at radius 1 is 1.14 bits per heavy atom. The lowest BCUT2D eigenvalue weighted by Gasteiger charge is -2.29. The second-order valence-corrected chi connectivity index (χ2v) is 8.18. The predicted octanol–water partition coefficient (Wildman–Crippen LogP) is 5.28. The smallest absolute Gasteiger partial charge is 0.224 e. The quantitative estimate of drug-likeness (QED) is 0.580. The number of fused-ring (bicyclic) bond motifs is 1. The number of carbonyl (C=O) groups excluding carboxylic acids is 1. The number of hydrogen-bond donors (Lipinski definition) is 1. The zero-order chi connectivity index (χ0) is 20.1. The SMILES string of the molecule is CCOc1ccccc1CCC(=O)Nc1ccc(N2CCc3sccc3C2)cc1. The predicted molar refractivity (Wildman–Crippen MR) is 120 cm³/mol. The molecule has 29 heavy (non-hydrogen) atoms. The van der Waals surface area contributed by atoms with Gasteiger partial charge in [-0.25, -0.2) is 0 Å². The summed E-state index contributed by atoms with van der Waals surface area (Å²) in [5, 5.41) is 5.19. The molecule has 1 aliphatic heterocycles. The van der Waals surface area contributed by atoms with Gasteiger partial charge in [0.15, 0.2) is 0 Å². The summed E-state index contributed by atoms with van der Waals surface area (Å²) in [5.41, 5.74) is 4.54. The average molecular weight is 407 g/mol. The van der Waals surface area contributed by atoms with Crippen LogP contribution in [0.4, 0.5) is 11.4 Å². The number of hydrogen-bond acceptors (Lipinski definition) is 4. The molecular weight excluding hydrogens is 380 g/mol. The van der Waals surface area contributed by atoms with Crippen molar-refractivity contribution in [3.63, 3.8) is 0 Å². The minimum Gasteiger partial charge on any atom is -0.494 e. The van der Waals surface area contributed by atoms with Crippen molar-refractivity contribution in [3.8, 4) is 5.75 Å². The van der Waals surface area contributed by atoms with Gasteiger partial charge < -0.3 is 15.0 Å². The Morgan fingerprint density at radius 3 is 2.79 bits per heavy atom. The number of carbonyl (C=O) groups is 1. The van der Waals surface area contributed by atoms with Crippen LogP contribution >= 0.6 is 11.3 Å². The van der Waals surface area contributed by atoms with Crippen LogP contribution in [-0.4, -0.2) is 19.1 Å². The first-order valence-electron chi connectivity index (χ1n) is 10.1. The molecule has 1 amide bonds. The van der Waals surface area contributed by atoms with E-state index in [2.05, 4.69) is 33.8 Å². The molecule has 1 aliphatic rings. The second kappa shape index (κ2) is 9.14. The Hall–Kier alpha value is -2.79. The number of ether oxygens (including phenoxy) is 1. The summed E-state index contributed by atoms with van der Waals surface area (Å²) >= 11 is 1.86. The number of nitrogens with zero attached hydrogens (tertiary/aromatic N) is 1. The molecule has 0 atom stereocenters. The highest BCUT2D eigenvalue weighted by Gasteiger charge is 2.17. The molecule has 0 radical (unpaired) electrons. The van der Waals surface area contributed by atoms with E-state index in [-0.39, 0.29) is 5.91 Å². The van der Waals surface area contributed by atoms with E-state index in [4.69, 9.17) is 4.74 Å². The minimum atomic E-state index is 0.0185. The maximum Gasteiger partial charge on any atom is 0.224 e. The van der Waals surface area contributed by atoms with Gasteiger partial charge in [0, 0.05) is 35.8 Å². The molecule has 3 aromatic rings. The fourth-order valence-electron chi connectivity index (χ4n) is 3.70. The van der Waals surface area contributed by atoms with Gasteiger partial charge in [-0.15, -0.1) is 11.3 Å². The molecule has 0 saturated heterocycles. The summed E-state index contributed by atoms with van der Waals surface area (Å²) in [6, 6.07) is 18.3. The average Bonchev–Trinajstić information content (AvgIpc) is 3.22. The van der Waals surface area contributed by atoms with Crippen LogP contribution in [0.5, 0.6) is 5.75 Å². The van der Waals surface area contributed by atoms with Gasteiger partial charge in [0.25, 0.3) is 0 Å². The van der Waals surface area contributed by atoms with Crippen LogP contribution in [0.1, 0.15) is 29.3 Å². The van der Waals surface area contributed by atoms with E-state index in [1.54, 1.807) is 0 Å². The third-order valence-corrected chi connectivity index (χ3v) is 6.24. The molecule has 0 fully saturated rings. The topological polar surface area (TPSA) is 41.6 Å². The molecule has 0 unspecified atom stereocenters. The van der Waals surface area contributed by atoms with Crippen LogP contribution in [0.15, 0.2) is 60.0 Å². The van der Waals surface area contributed by atoms with E-state index >= 15 is 0 Å². The lowest BCUT2D eigenvalue weighted by molar-refractivity contribution is -0.116. The van der Waals surface area contributed by atoms with Crippen LogP contribution in [0, 0.1) is 0 Å². The van der Waals surface area contributed by atoms with Gasteiger partial charge in [-0.05, 0) is 72.7 Å². The Morgan fingerprint density at radius 2 is 1.97 bits per heavy atom. The molecule has 0 saturated carbocycles. The van der Waals surface area contributed by atoms with Crippen molar-refractivity contribution < 1.29 is 9.53 Å². The molecule has 0 spiro atoms. The molecular formula is C24H26N2O2S. The Kier molecular flexibility index (Phi) is 6.15. The van der Waals surface area contributed by atoms with Gasteiger partial charge in [-0.2, -0.15) is 0 Å². The van der Waals surface area contributed by atoms with Gasteiger partial charge >= 0.3 is 0 Å². The lowest BCUT2D eigenvalue weighted by atomic mass is 10.1. The summed E-state index contributed by atoms with van der Waals surface area (Å²) < 4.78 is 5.64. The van der Waals surface area contributed by atoms with Crippen LogP contribution in [0.25, 0.3) is 0 Å². The molecule has 2 heterocycles. The van der Waals surface area contributed by atoms with Gasteiger partial charge in [0.1, 0.15) is 5.75 Å². The van der Waals surface area contributed by atoms with E-state index in [1.807, 2.05) is 54.7 Å². The first-order valence-corrected chi connectivity index (χ1v) is 11.0. The standard InChI is InChI=1S/C24H26N2O2S/c1-2-28-22-6-4-3-5-18(22)7-12-24(27)25-20-8-10-21(11-9-20)26-15-13-23-19(17-26)14-16-29-23/h3-6,8-11,14,16H,2,7,12-13,15,17H2,1H3,(H,25,27). The number of nitrogens with one attached hydrogen (secondary N) is 1. The summed E-state index contributed by atoms with van der Waals surface area (Å²) in [7, 11) is 0. The Balaban J connectivity index is 1.31. The van der Waals surface area contributed by atoms with Gasteiger partial charge in [-0.3, -0.25) is 4.79 Å². The van der Waals surface area contributed by atoms with E-state index in [9.17, 15) is 4.79 Å². The lowest BCUT2D eigenvalue weighted by Crippen LogP contribution is -2.29. The van der Waals surface area contributed by atoms with Crippen LogP contribution in [0.3, 0.4) is 0 Å². The molecule has 4 rings (SSSR count). The largest absolute Gasteiger partial charge is 0.494 e. The maximum absolute atomic E-state index is 12.4. The molecule has 0 aliphatic carbocycles. The summed E-state index contributed by atoms with van der Waals surface area (Å²) in [6.45, 7) is 4.60. The first kappa shape index (κ1) is 19.5. The zero-order valence-corrected chi connectivity index (χ0v) is 17.5. The number of rotatable bonds is 7. The minimum absolute atomic E-state index is 0.0185. The highest BCUT2D eigenvalue weighted by Crippen LogP contribution is 2.28. The molecule has 4 nitrogen and oxygen atoms in total. The van der Waals surface area contributed by atoms with E-state index in [1.165, 1.54) is 16.1 Å². The van der Waals surface area contributed by atoms with Crippen LogP contribution in [-0.2, 0) is 24.2 Å². The Labute approximate surface area is 176 Å². The number of aryl methyl sites for hydroxylation is 1. The number of anilines is 2. The number of thiophene rings is 1. The fourth-order valence-corrected chi connectivity index (χ4v) is 4.59. The highest BCUT2D eigenvalue weighted by molar-refractivity contribution is 7.10. The number of benzene rings is 2. The van der Waals surface area contributed by atoms with Crippen molar-refractivity contribution in [2.24, 2.45) is 0 Å². The second-order valence-electron chi connectivity index (χ2n) is 7.18. The van der Waals surface area contributed by atoms with Crippen LogP contribution in [0.2, 0.25) is 0 Å². The fraction of sp³-hybridized carbons (Fsp3) is 0.292. The van der Waals surface area contributed by atoms with Crippen molar-refractivity contribution in [2.45, 2.75) is 32.7 Å². The van der Waals surface area contributed by atoms with E-state index in [0.29, 0.717) is 19.4 Å². The van der Waals surface area contributed by atoms with Crippen molar-refractivity contribution >= 4 is 28.6 Å². The van der Waals surface area contributed by atoms with Crippen molar-refractivity contribution in [3.05, 3.63) is 76.0 Å². The van der Waals surface area contributed by atoms with Crippen molar-refractivity contribution in [1.29, 1.82) is 0 Å². The van der Waals surface area contributed by atoms with Crippen molar-refractivity contribution in [1.82, 2.24) is 0 Å². The van der Waals surface area contributed by atoms with Gasteiger partial charge in [0.2, 0.25) is 5.91 Å². The first-order chi connectivity index (χ1) is 14.2. The molecule has 2 aromatic carbocycles. The van der Waals surface area contributed by atoms with Crippen molar-refractivity contribution in [2.75, 3.05) is 23.4 Å². The normalized spacial score (nSPS) is 13.1. The summed E-state index contributed by atoms with van der Waals surface area (Å²) in [6.07, 6.45) is 2.20. The molecule has 150 valence electrons. The highest BCUT2D eigenvalue weighted by atomic mass is 32.1. The van der Waals surface area contributed by atoms with Gasteiger partial charge in [0.05, 0.1) is 6.61 Å². The third kappa shape index (κ3) is 4.80. The third-order valence-electron chi connectivity index (χ3n) is 5.22. The van der Waals surface area contributed by atoms with Crippen LogP contribution < -0.4 is 15.0 Å². The monoisotopic (exact) mass is 406 g/mol. The molecule has 5 heteroatoms. The Bertz CT molecular complexity index is 965. The summed E-state index contributed by atoms with van der Waals surface area (Å²) in [4.78, 5) is 16.3.